The number of halogens is 4. The quantitative estimate of drug-likeness (QED) is 0.643. The minimum atomic E-state index is -4.48. The van der Waals surface area contributed by atoms with Crippen molar-refractivity contribution in [3.63, 3.8) is 0 Å². The summed E-state index contributed by atoms with van der Waals surface area (Å²) in [6, 6.07) is -0.546. The molecule has 21 heavy (non-hydrogen) atoms. The molecule has 0 saturated heterocycles. The normalized spacial score (nSPS) is 13.4. The molecular formula is C12H11ClF3N3O2. The Labute approximate surface area is 122 Å². The first kappa shape index (κ1) is 15.6. The molecule has 0 amide bonds. The molecule has 2 aromatic rings. The summed E-state index contributed by atoms with van der Waals surface area (Å²) in [4.78, 5) is 18.7. The van der Waals surface area contributed by atoms with Gasteiger partial charge in [0, 0.05) is 13.0 Å². The number of ether oxygens (including phenoxy) is 1. The Balaban J connectivity index is 2.58. The van der Waals surface area contributed by atoms with Gasteiger partial charge in [0.1, 0.15) is 29.1 Å². The van der Waals surface area contributed by atoms with E-state index in [2.05, 4.69) is 9.97 Å². The molecule has 0 aliphatic heterocycles. The molecule has 0 aliphatic rings. The van der Waals surface area contributed by atoms with Crippen molar-refractivity contribution in [2.45, 2.75) is 32.7 Å². The van der Waals surface area contributed by atoms with Crippen LogP contribution in [0.5, 0.6) is 0 Å². The predicted molar refractivity (Wildman–Crippen MR) is 68.8 cm³/mol. The van der Waals surface area contributed by atoms with Gasteiger partial charge in [-0.1, -0.05) is 11.6 Å². The van der Waals surface area contributed by atoms with E-state index in [9.17, 15) is 18.0 Å². The molecular weight excluding hydrogens is 311 g/mol. The standard InChI is InChI=1S/C12H11ClF3N3O2/c1-6(12(14,15)16)19-9-3-10(13)17-4-8(9)18-11(19)5-21-7(2)20/h3-4,6H,5H2,1-2H3. The van der Waals surface area contributed by atoms with Crippen molar-refractivity contribution < 1.29 is 22.7 Å². The molecule has 1 unspecified atom stereocenters. The van der Waals surface area contributed by atoms with Gasteiger partial charge in [0.05, 0.1) is 11.7 Å². The van der Waals surface area contributed by atoms with Crippen LogP contribution in [0.2, 0.25) is 5.15 Å². The molecule has 2 heterocycles. The highest BCUT2D eigenvalue weighted by atomic mass is 35.5. The van der Waals surface area contributed by atoms with Crippen molar-refractivity contribution in [1.82, 2.24) is 14.5 Å². The fourth-order valence-corrected chi connectivity index (χ4v) is 2.02. The summed E-state index contributed by atoms with van der Waals surface area (Å²) in [5.41, 5.74) is 0.430. The predicted octanol–water partition coefficient (Wildman–Crippen LogP) is 3.27. The minimum absolute atomic E-state index is 0.0194. The van der Waals surface area contributed by atoms with Crippen LogP contribution in [0.1, 0.15) is 25.7 Å². The molecule has 0 spiro atoms. The van der Waals surface area contributed by atoms with Gasteiger partial charge in [0.15, 0.2) is 0 Å². The Morgan fingerprint density at radius 3 is 2.76 bits per heavy atom. The Hall–Kier alpha value is -1.83. The summed E-state index contributed by atoms with van der Waals surface area (Å²) in [6.07, 6.45) is -3.21. The SMILES string of the molecule is CC(=O)OCc1nc2cnc(Cl)cc2n1C(C)C(F)(F)F. The van der Waals surface area contributed by atoms with Crippen LogP contribution in [-0.2, 0) is 16.1 Å². The van der Waals surface area contributed by atoms with E-state index in [-0.39, 0.29) is 28.6 Å². The number of aromatic nitrogens is 3. The number of carbonyl (C=O) groups is 1. The third-order valence-electron chi connectivity index (χ3n) is 2.88. The molecule has 0 aromatic carbocycles. The van der Waals surface area contributed by atoms with Crippen LogP contribution in [0.4, 0.5) is 13.2 Å². The molecule has 0 N–H and O–H groups in total. The van der Waals surface area contributed by atoms with Crippen molar-refractivity contribution in [3.8, 4) is 0 Å². The van der Waals surface area contributed by atoms with Crippen LogP contribution in [0.15, 0.2) is 12.3 Å². The molecule has 0 fully saturated rings. The van der Waals surface area contributed by atoms with Gasteiger partial charge in [-0.3, -0.25) is 4.79 Å². The molecule has 0 saturated carbocycles. The van der Waals surface area contributed by atoms with Gasteiger partial charge in [-0.15, -0.1) is 0 Å². The highest BCUT2D eigenvalue weighted by molar-refractivity contribution is 6.29. The lowest BCUT2D eigenvalue weighted by Gasteiger charge is -2.20. The molecule has 2 rings (SSSR count). The second-order valence-electron chi connectivity index (χ2n) is 4.39. The van der Waals surface area contributed by atoms with E-state index in [1.54, 1.807) is 0 Å². The zero-order valence-corrected chi connectivity index (χ0v) is 11.9. The first-order chi connectivity index (χ1) is 9.70. The lowest BCUT2D eigenvalue weighted by atomic mass is 10.3. The van der Waals surface area contributed by atoms with Crippen molar-refractivity contribution in [3.05, 3.63) is 23.2 Å². The van der Waals surface area contributed by atoms with Gasteiger partial charge in [-0.2, -0.15) is 13.2 Å². The number of imidazole rings is 1. The fraction of sp³-hybridized carbons (Fsp3) is 0.417. The van der Waals surface area contributed by atoms with E-state index < -0.39 is 18.2 Å². The van der Waals surface area contributed by atoms with Gasteiger partial charge < -0.3 is 9.30 Å². The van der Waals surface area contributed by atoms with E-state index in [0.717, 1.165) is 11.5 Å². The fourth-order valence-electron chi connectivity index (χ4n) is 1.87. The average Bonchev–Trinajstić information content (AvgIpc) is 2.71. The number of nitrogens with zero attached hydrogens (tertiary/aromatic N) is 3. The molecule has 9 heteroatoms. The first-order valence-electron chi connectivity index (χ1n) is 5.92. The van der Waals surface area contributed by atoms with Crippen LogP contribution < -0.4 is 0 Å². The Bertz CT molecular complexity index is 684. The van der Waals surface area contributed by atoms with E-state index in [4.69, 9.17) is 16.3 Å². The van der Waals surface area contributed by atoms with E-state index in [1.165, 1.54) is 19.2 Å². The van der Waals surface area contributed by atoms with Gasteiger partial charge >= 0.3 is 12.1 Å². The number of fused-ring (bicyclic) bond motifs is 1. The van der Waals surface area contributed by atoms with Crippen molar-refractivity contribution in [2.75, 3.05) is 0 Å². The summed E-state index contributed by atoms with van der Waals surface area (Å²) < 4.78 is 44.7. The summed E-state index contributed by atoms with van der Waals surface area (Å²) in [6.45, 7) is 1.80. The maximum atomic E-state index is 13.0. The largest absolute Gasteiger partial charge is 0.458 e. The molecule has 0 radical (unpaired) electrons. The molecule has 0 aliphatic carbocycles. The van der Waals surface area contributed by atoms with Crippen LogP contribution in [-0.4, -0.2) is 26.7 Å². The lowest BCUT2D eigenvalue weighted by molar-refractivity contribution is -0.163. The van der Waals surface area contributed by atoms with Gasteiger partial charge in [-0.05, 0) is 6.92 Å². The number of carbonyl (C=O) groups excluding carboxylic acids is 1. The summed E-state index contributed by atoms with van der Waals surface area (Å²) in [5, 5.41) is 0.0528. The minimum Gasteiger partial charge on any atom is -0.458 e. The number of alkyl halides is 3. The second kappa shape index (κ2) is 5.51. The first-order valence-corrected chi connectivity index (χ1v) is 6.30. The Kier molecular flexibility index (Phi) is 4.08. The zero-order valence-electron chi connectivity index (χ0n) is 11.1. The third-order valence-corrected chi connectivity index (χ3v) is 3.09. The maximum Gasteiger partial charge on any atom is 0.408 e. The molecule has 5 nitrogen and oxygen atoms in total. The molecule has 0 bridgehead atoms. The van der Waals surface area contributed by atoms with Crippen LogP contribution in [0.3, 0.4) is 0 Å². The Morgan fingerprint density at radius 1 is 1.52 bits per heavy atom. The number of pyridine rings is 1. The number of hydrogen-bond donors (Lipinski definition) is 0. The maximum absolute atomic E-state index is 13.0. The van der Waals surface area contributed by atoms with Gasteiger partial charge in [0.2, 0.25) is 0 Å². The number of rotatable bonds is 3. The smallest absolute Gasteiger partial charge is 0.408 e. The van der Waals surface area contributed by atoms with E-state index in [0.29, 0.717) is 0 Å². The zero-order chi connectivity index (χ0) is 15.8. The average molecular weight is 322 g/mol. The molecule has 1 atom stereocenters. The topological polar surface area (TPSA) is 57.0 Å². The molecule has 114 valence electrons. The summed E-state index contributed by atoms with van der Waals surface area (Å²) in [5.74, 6) is -0.626. The monoisotopic (exact) mass is 321 g/mol. The van der Waals surface area contributed by atoms with Crippen LogP contribution >= 0.6 is 11.6 Å². The van der Waals surface area contributed by atoms with Gasteiger partial charge in [0.25, 0.3) is 0 Å². The van der Waals surface area contributed by atoms with Crippen LogP contribution in [0.25, 0.3) is 11.0 Å². The van der Waals surface area contributed by atoms with Crippen molar-refractivity contribution in [1.29, 1.82) is 0 Å². The van der Waals surface area contributed by atoms with Gasteiger partial charge in [-0.25, -0.2) is 9.97 Å². The summed E-state index contributed by atoms with van der Waals surface area (Å²) >= 11 is 5.73. The van der Waals surface area contributed by atoms with Crippen LogP contribution in [0, 0.1) is 0 Å². The summed E-state index contributed by atoms with van der Waals surface area (Å²) in [7, 11) is 0. The van der Waals surface area contributed by atoms with E-state index >= 15 is 0 Å². The second-order valence-corrected chi connectivity index (χ2v) is 4.78. The number of hydrogen-bond acceptors (Lipinski definition) is 4. The van der Waals surface area contributed by atoms with Crippen molar-refractivity contribution >= 4 is 28.6 Å². The molecule has 2 aromatic heterocycles. The lowest BCUT2D eigenvalue weighted by Crippen LogP contribution is -2.25. The third kappa shape index (κ3) is 3.26. The highest BCUT2D eigenvalue weighted by Gasteiger charge is 2.39. The number of esters is 1. The Morgan fingerprint density at radius 2 is 2.19 bits per heavy atom. The van der Waals surface area contributed by atoms with Crippen molar-refractivity contribution in [2.24, 2.45) is 0 Å². The highest BCUT2D eigenvalue weighted by Crippen LogP contribution is 2.34. The van der Waals surface area contributed by atoms with E-state index in [1.807, 2.05) is 0 Å².